The normalized spacial score (nSPS) is 10.6. The van der Waals surface area contributed by atoms with Crippen molar-refractivity contribution in [3.8, 4) is 11.3 Å². The van der Waals surface area contributed by atoms with Gasteiger partial charge in [0.05, 0.1) is 11.9 Å². The zero-order valence-corrected chi connectivity index (χ0v) is 18.5. The highest BCUT2D eigenvalue weighted by Gasteiger charge is 2.13. The lowest BCUT2D eigenvalue weighted by Crippen LogP contribution is -2.22. The maximum Gasteiger partial charge on any atom is 0.273 e. The van der Waals surface area contributed by atoms with Crippen molar-refractivity contribution in [2.75, 3.05) is 12.8 Å². The van der Waals surface area contributed by atoms with Crippen molar-refractivity contribution in [2.24, 2.45) is 0 Å². The van der Waals surface area contributed by atoms with Crippen LogP contribution in [0.2, 0.25) is 0 Å². The standard InChI is InChI=1S/C25H29N5O2/c1-3-4-5-7-17-10-12-19(13-11-17)24(31)29-15-18-8-6-9-20(14-18)21-16-28-23(26)22(30-21)25(32)27-2/h6,8-14,16H,3-5,7,15H2,1-2H3,(H2,26,28)(H,27,32)(H,29,31). The molecule has 3 rings (SSSR count). The smallest absolute Gasteiger partial charge is 0.273 e. The molecular formula is C25H29N5O2. The molecule has 166 valence electrons. The lowest BCUT2D eigenvalue weighted by atomic mass is 10.0. The van der Waals surface area contributed by atoms with Crippen LogP contribution in [0.1, 0.15) is 58.2 Å². The summed E-state index contributed by atoms with van der Waals surface area (Å²) in [4.78, 5) is 32.9. The average Bonchev–Trinajstić information content (AvgIpc) is 2.83. The molecule has 0 unspecified atom stereocenters. The first-order valence-electron chi connectivity index (χ1n) is 10.8. The summed E-state index contributed by atoms with van der Waals surface area (Å²) >= 11 is 0. The number of nitrogens with one attached hydrogen (secondary N) is 2. The number of unbranched alkanes of at least 4 members (excludes halogenated alkanes) is 2. The van der Waals surface area contributed by atoms with E-state index in [-0.39, 0.29) is 17.4 Å². The molecule has 7 nitrogen and oxygen atoms in total. The number of carbonyl (C=O) groups is 2. The Hall–Kier alpha value is -3.74. The van der Waals surface area contributed by atoms with E-state index in [1.54, 1.807) is 0 Å². The summed E-state index contributed by atoms with van der Waals surface area (Å²) in [6.07, 6.45) is 6.15. The van der Waals surface area contributed by atoms with Crippen LogP contribution in [0.25, 0.3) is 11.3 Å². The van der Waals surface area contributed by atoms with Gasteiger partial charge in [0, 0.05) is 24.7 Å². The summed E-state index contributed by atoms with van der Waals surface area (Å²) in [6.45, 7) is 2.56. The molecule has 0 saturated carbocycles. The highest BCUT2D eigenvalue weighted by molar-refractivity contribution is 5.96. The van der Waals surface area contributed by atoms with E-state index in [0.29, 0.717) is 17.8 Å². The molecule has 0 fully saturated rings. The van der Waals surface area contributed by atoms with Gasteiger partial charge in [-0.15, -0.1) is 0 Å². The van der Waals surface area contributed by atoms with Gasteiger partial charge < -0.3 is 16.4 Å². The number of nitrogens with two attached hydrogens (primary N) is 1. The second-order valence-corrected chi connectivity index (χ2v) is 7.61. The summed E-state index contributed by atoms with van der Waals surface area (Å²) in [6, 6.07) is 15.4. The molecule has 0 radical (unpaired) electrons. The van der Waals surface area contributed by atoms with Gasteiger partial charge in [-0.2, -0.15) is 0 Å². The lowest BCUT2D eigenvalue weighted by molar-refractivity contribution is 0.0946. The van der Waals surface area contributed by atoms with Crippen LogP contribution in [-0.4, -0.2) is 28.8 Å². The molecule has 1 heterocycles. The maximum absolute atomic E-state index is 12.5. The molecule has 0 aliphatic carbocycles. The number of carbonyl (C=O) groups excluding carboxylic acids is 2. The quantitative estimate of drug-likeness (QED) is 0.447. The SMILES string of the molecule is CCCCCc1ccc(C(=O)NCc2cccc(-c3cnc(N)c(C(=O)NC)n3)c2)cc1. The van der Waals surface area contributed by atoms with Crippen molar-refractivity contribution in [3.63, 3.8) is 0 Å². The first kappa shape index (κ1) is 22.9. The van der Waals surface area contributed by atoms with Gasteiger partial charge in [-0.25, -0.2) is 9.97 Å². The summed E-state index contributed by atoms with van der Waals surface area (Å²) < 4.78 is 0. The molecule has 1 aromatic heterocycles. The number of amides is 2. The first-order valence-corrected chi connectivity index (χ1v) is 10.8. The van der Waals surface area contributed by atoms with Crippen LogP contribution in [0.15, 0.2) is 54.7 Å². The van der Waals surface area contributed by atoms with Crippen LogP contribution in [-0.2, 0) is 13.0 Å². The zero-order chi connectivity index (χ0) is 22.9. The largest absolute Gasteiger partial charge is 0.382 e. The fourth-order valence-electron chi connectivity index (χ4n) is 3.35. The third kappa shape index (κ3) is 5.91. The number of benzene rings is 2. The predicted molar refractivity (Wildman–Crippen MR) is 126 cm³/mol. The zero-order valence-electron chi connectivity index (χ0n) is 18.5. The van der Waals surface area contributed by atoms with Crippen molar-refractivity contribution in [1.82, 2.24) is 20.6 Å². The van der Waals surface area contributed by atoms with Crippen molar-refractivity contribution in [1.29, 1.82) is 0 Å². The van der Waals surface area contributed by atoms with Gasteiger partial charge in [0.2, 0.25) is 0 Å². The second-order valence-electron chi connectivity index (χ2n) is 7.61. The fourth-order valence-corrected chi connectivity index (χ4v) is 3.35. The maximum atomic E-state index is 12.5. The number of anilines is 1. The van der Waals surface area contributed by atoms with Gasteiger partial charge in [0.1, 0.15) is 0 Å². The average molecular weight is 432 g/mol. The van der Waals surface area contributed by atoms with Crippen molar-refractivity contribution >= 4 is 17.6 Å². The van der Waals surface area contributed by atoms with Gasteiger partial charge >= 0.3 is 0 Å². The number of rotatable bonds is 9. The molecule has 7 heteroatoms. The monoisotopic (exact) mass is 431 g/mol. The fraction of sp³-hybridized carbons (Fsp3) is 0.280. The first-order chi connectivity index (χ1) is 15.5. The lowest BCUT2D eigenvalue weighted by Gasteiger charge is -2.09. The second kappa shape index (κ2) is 11.0. The highest BCUT2D eigenvalue weighted by Crippen LogP contribution is 2.20. The van der Waals surface area contributed by atoms with Crippen molar-refractivity contribution in [3.05, 3.63) is 77.1 Å². The van der Waals surface area contributed by atoms with Gasteiger partial charge in [-0.3, -0.25) is 9.59 Å². The third-order valence-corrected chi connectivity index (χ3v) is 5.20. The van der Waals surface area contributed by atoms with E-state index in [4.69, 9.17) is 5.73 Å². The Morgan fingerprint density at radius 2 is 1.78 bits per heavy atom. The molecule has 0 aliphatic rings. The Morgan fingerprint density at radius 1 is 1.00 bits per heavy atom. The van der Waals surface area contributed by atoms with E-state index >= 15 is 0 Å². The Kier molecular flexibility index (Phi) is 7.91. The van der Waals surface area contributed by atoms with Crippen LogP contribution in [0.3, 0.4) is 0 Å². The highest BCUT2D eigenvalue weighted by atomic mass is 16.2. The molecule has 0 spiro atoms. The van der Waals surface area contributed by atoms with Crippen LogP contribution in [0, 0.1) is 0 Å². The van der Waals surface area contributed by atoms with E-state index < -0.39 is 5.91 Å². The van der Waals surface area contributed by atoms with E-state index in [9.17, 15) is 9.59 Å². The number of aromatic nitrogens is 2. The minimum Gasteiger partial charge on any atom is -0.382 e. The third-order valence-electron chi connectivity index (χ3n) is 5.20. The van der Waals surface area contributed by atoms with E-state index in [1.807, 2.05) is 48.5 Å². The van der Waals surface area contributed by atoms with E-state index in [2.05, 4.69) is 27.5 Å². The molecule has 4 N–H and O–H groups in total. The number of nitrogens with zero attached hydrogens (tertiary/aromatic N) is 2. The van der Waals surface area contributed by atoms with Gasteiger partial charge in [0.15, 0.2) is 11.5 Å². The van der Waals surface area contributed by atoms with Gasteiger partial charge in [-0.05, 0) is 42.2 Å². The Bertz CT molecular complexity index is 1080. The van der Waals surface area contributed by atoms with Gasteiger partial charge in [0.25, 0.3) is 11.8 Å². The predicted octanol–water partition coefficient (Wildman–Crippen LogP) is 3.75. The molecular weight excluding hydrogens is 402 g/mol. The summed E-state index contributed by atoms with van der Waals surface area (Å²) in [5, 5.41) is 5.46. The number of nitrogen functional groups attached to an aromatic ring is 1. The molecule has 32 heavy (non-hydrogen) atoms. The molecule has 0 aliphatic heterocycles. The van der Waals surface area contributed by atoms with Crippen LogP contribution < -0.4 is 16.4 Å². The minimum absolute atomic E-state index is 0.0768. The Morgan fingerprint density at radius 3 is 2.50 bits per heavy atom. The molecule has 0 saturated heterocycles. The molecule has 3 aromatic rings. The van der Waals surface area contributed by atoms with Gasteiger partial charge in [-0.1, -0.05) is 50.1 Å². The van der Waals surface area contributed by atoms with Crippen LogP contribution in [0.4, 0.5) is 5.82 Å². The summed E-state index contributed by atoms with van der Waals surface area (Å²) in [7, 11) is 1.51. The molecule has 2 aromatic carbocycles. The Labute approximate surface area is 188 Å². The van der Waals surface area contributed by atoms with Crippen molar-refractivity contribution in [2.45, 2.75) is 39.2 Å². The molecule has 0 bridgehead atoms. The summed E-state index contributed by atoms with van der Waals surface area (Å²) in [5.41, 5.74) is 9.97. The van der Waals surface area contributed by atoms with Crippen molar-refractivity contribution < 1.29 is 9.59 Å². The Balaban J connectivity index is 1.65. The summed E-state index contributed by atoms with van der Waals surface area (Å²) in [5.74, 6) is -0.436. The van der Waals surface area contributed by atoms with Crippen LogP contribution in [0.5, 0.6) is 0 Å². The minimum atomic E-state index is -0.392. The molecule has 0 atom stereocenters. The van der Waals surface area contributed by atoms with E-state index in [1.165, 1.54) is 38.1 Å². The number of aryl methyl sites for hydroxylation is 1. The van der Waals surface area contributed by atoms with E-state index in [0.717, 1.165) is 17.5 Å². The number of hydrogen-bond donors (Lipinski definition) is 3. The molecule has 2 amide bonds. The number of hydrogen-bond acceptors (Lipinski definition) is 5. The van der Waals surface area contributed by atoms with Crippen LogP contribution >= 0.6 is 0 Å². The topological polar surface area (TPSA) is 110 Å².